The maximum absolute atomic E-state index is 12.4. The first-order chi connectivity index (χ1) is 12.4. The number of hydrogen-bond donors (Lipinski definition) is 1. The quantitative estimate of drug-likeness (QED) is 0.875. The van der Waals surface area contributed by atoms with E-state index in [0.717, 1.165) is 11.1 Å². The molecule has 0 aliphatic carbocycles. The van der Waals surface area contributed by atoms with Crippen LogP contribution in [0.25, 0.3) is 0 Å². The zero-order valence-electron chi connectivity index (χ0n) is 15.4. The molecule has 26 heavy (non-hydrogen) atoms. The van der Waals surface area contributed by atoms with Gasteiger partial charge >= 0.3 is 0 Å². The lowest BCUT2D eigenvalue weighted by Gasteiger charge is -2.23. The van der Waals surface area contributed by atoms with Crippen molar-refractivity contribution in [1.82, 2.24) is 0 Å². The summed E-state index contributed by atoms with van der Waals surface area (Å²) in [5.41, 5.74) is 2.03. The highest BCUT2D eigenvalue weighted by Gasteiger charge is 2.40. The number of nitrogens with zero attached hydrogens (tertiary/aromatic N) is 1. The van der Waals surface area contributed by atoms with Crippen LogP contribution in [0, 0.1) is 5.41 Å². The molecule has 3 rings (SSSR count). The minimum Gasteiger partial charge on any atom is -0.387 e. The molecule has 2 aromatic rings. The Morgan fingerprint density at radius 3 is 2.12 bits per heavy atom. The van der Waals surface area contributed by atoms with Crippen molar-refractivity contribution < 1.29 is 14.7 Å². The maximum Gasteiger partial charge on any atom is 0.164 e. The summed E-state index contributed by atoms with van der Waals surface area (Å²) in [6.07, 6.45) is -1.23. The molecule has 4 nitrogen and oxygen atoms in total. The molecule has 136 valence electrons. The van der Waals surface area contributed by atoms with E-state index in [-0.39, 0.29) is 24.2 Å². The number of ketones is 1. The number of oxime groups is 1. The second kappa shape index (κ2) is 7.42. The molecule has 0 saturated carbocycles. The average Bonchev–Trinajstić information content (AvgIpc) is 3.07. The summed E-state index contributed by atoms with van der Waals surface area (Å²) in [5.74, 6) is -0.218. The third kappa shape index (κ3) is 3.86. The lowest BCUT2D eigenvalue weighted by Crippen LogP contribution is -2.32. The Labute approximate surface area is 154 Å². The lowest BCUT2D eigenvalue weighted by molar-refractivity contribution is -0.127. The van der Waals surface area contributed by atoms with Gasteiger partial charge in [0.2, 0.25) is 0 Å². The van der Waals surface area contributed by atoms with Gasteiger partial charge in [-0.3, -0.25) is 4.79 Å². The second-order valence-electron chi connectivity index (χ2n) is 7.73. The van der Waals surface area contributed by atoms with Crippen molar-refractivity contribution in [2.75, 3.05) is 0 Å². The van der Waals surface area contributed by atoms with Crippen LogP contribution in [0.5, 0.6) is 0 Å². The number of Topliss-reactive ketones (excluding diaryl/α,β-unsaturated/α-hetero) is 1. The van der Waals surface area contributed by atoms with Gasteiger partial charge in [-0.2, -0.15) is 0 Å². The summed E-state index contributed by atoms with van der Waals surface area (Å²) in [7, 11) is 0. The van der Waals surface area contributed by atoms with E-state index in [9.17, 15) is 9.90 Å². The van der Waals surface area contributed by atoms with E-state index in [2.05, 4.69) is 5.16 Å². The molecule has 0 aromatic heterocycles. The number of rotatable bonds is 5. The van der Waals surface area contributed by atoms with Gasteiger partial charge in [0.05, 0.1) is 11.6 Å². The number of aliphatic hydroxyl groups excluding tert-OH is 1. The van der Waals surface area contributed by atoms with Gasteiger partial charge in [0.1, 0.15) is 11.9 Å². The summed E-state index contributed by atoms with van der Waals surface area (Å²) in [6, 6.07) is 19.7. The van der Waals surface area contributed by atoms with Crippen molar-refractivity contribution in [3.63, 3.8) is 0 Å². The van der Waals surface area contributed by atoms with Gasteiger partial charge in [0, 0.05) is 11.8 Å². The second-order valence-corrected chi connectivity index (χ2v) is 7.73. The van der Waals surface area contributed by atoms with Crippen molar-refractivity contribution in [3.05, 3.63) is 71.8 Å². The number of carbonyl (C=O) groups excluding carboxylic acids is 1. The molecule has 1 aliphatic heterocycles. The van der Waals surface area contributed by atoms with Gasteiger partial charge < -0.3 is 9.94 Å². The van der Waals surface area contributed by atoms with Crippen LogP contribution >= 0.6 is 0 Å². The molecule has 0 spiro atoms. The van der Waals surface area contributed by atoms with E-state index in [0.29, 0.717) is 5.71 Å². The maximum atomic E-state index is 12.4. The van der Waals surface area contributed by atoms with E-state index < -0.39 is 11.5 Å². The lowest BCUT2D eigenvalue weighted by atomic mass is 9.81. The van der Waals surface area contributed by atoms with Gasteiger partial charge in [-0.15, -0.1) is 0 Å². The first-order valence-electron chi connectivity index (χ1n) is 8.93. The Bertz CT molecular complexity index is 778. The predicted molar refractivity (Wildman–Crippen MR) is 102 cm³/mol. The number of benzene rings is 2. The van der Waals surface area contributed by atoms with E-state index in [1.807, 2.05) is 81.4 Å². The highest BCUT2D eigenvalue weighted by atomic mass is 16.6. The zero-order valence-corrected chi connectivity index (χ0v) is 15.4. The Hall–Kier alpha value is -2.46. The molecular weight excluding hydrogens is 326 g/mol. The van der Waals surface area contributed by atoms with E-state index in [4.69, 9.17) is 4.84 Å². The van der Waals surface area contributed by atoms with Crippen LogP contribution in [0.2, 0.25) is 0 Å². The van der Waals surface area contributed by atoms with Gasteiger partial charge in [-0.25, -0.2) is 0 Å². The van der Waals surface area contributed by atoms with Crippen molar-refractivity contribution >= 4 is 11.5 Å². The van der Waals surface area contributed by atoms with E-state index in [1.54, 1.807) is 0 Å². The molecule has 0 amide bonds. The molecule has 0 unspecified atom stereocenters. The molecule has 0 fully saturated rings. The predicted octanol–water partition coefficient (Wildman–Crippen LogP) is 4.26. The molecule has 0 bridgehead atoms. The fourth-order valence-electron chi connectivity index (χ4n) is 3.15. The van der Waals surface area contributed by atoms with Crippen LogP contribution in [0.3, 0.4) is 0 Å². The summed E-state index contributed by atoms with van der Waals surface area (Å²) in [6.45, 7) is 5.57. The molecule has 1 heterocycles. The molecule has 0 saturated heterocycles. The van der Waals surface area contributed by atoms with Crippen molar-refractivity contribution in [2.45, 2.75) is 45.3 Å². The highest BCUT2D eigenvalue weighted by molar-refractivity contribution is 5.99. The summed E-state index contributed by atoms with van der Waals surface area (Å²) < 4.78 is 0. The van der Waals surface area contributed by atoms with Gasteiger partial charge in [0.25, 0.3) is 0 Å². The monoisotopic (exact) mass is 351 g/mol. The van der Waals surface area contributed by atoms with Crippen LogP contribution < -0.4 is 0 Å². The molecule has 0 radical (unpaired) electrons. The van der Waals surface area contributed by atoms with Gasteiger partial charge in [0.15, 0.2) is 6.10 Å². The minimum absolute atomic E-state index is 0.00247. The summed E-state index contributed by atoms with van der Waals surface area (Å²) in [4.78, 5) is 18.1. The van der Waals surface area contributed by atoms with Crippen LogP contribution in [0.15, 0.2) is 65.8 Å². The largest absolute Gasteiger partial charge is 0.387 e. The fourth-order valence-corrected chi connectivity index (χ4v) is 3.15. The number of carbonyl (C=O) groups is 1. The van der Waals surface area contributed by atoms with Crippen LogP contribution in [0.4, 0.5) is 0 Å². The molecule has 1 N–H and O–H groups in total. The van der Waals surface area contributed by atoms with Gasteiger partial charge in [-0.05, 0) is 11.1 Å². The van der Waals surface area contributed by atoms with Gasteiger partial charge in [-0.1, -0.05) is 86.6 Å². The normalized spacial score (nSPS) is 21.0. The van der Waals surface area contributed by atoms with Crippen molar-refractivity contribution in [3.8, 4) is 0 Å². The fraction of sp³-hybridized carbons (Fsp3) is 0.364. The molecule has 1 aliphatic rings. The van der Waals surface area contributed by atoms with Crippen LogP contribution in [-0.4, -0.2) is 22.7 Å². The first-order valence-corrected chi connectivity index (χ1v) is 8.93. The average molecular weight is 351 g/mol. The van der Waals surface area contributed by atoms with E-state index >= 15 is 0 Å². The summed E-state index contributed by atoms with van der Waals surface area (Å²) in [5, 5.41) is 14.9. The molecular formula is C22H25NO3. The summed E-state index contributed by atoms with van der Waals surface area (Å²) >= 11 is 0. The number of aliphatic hydroxyl groups is 1. The minimum atomic E-state index is -0.958. The van der Waals surface area contributed by atoms with Crippen molar-refractivity contribution in [2.24, 2.45) is 10.6 Å². The molecule has 4 heteroatoms. The Morgan fingerprint density at radius 1 is 1.04 bits per heavy atom. The molecule has 3 atom stereocenters. The topological polar surface area (TPSA) is 58.9 Å². The first kappa shape index (κ1) is 18.3. The Morgan fingerprint density at radius 2 is 1.58 bits per heavy atom. The standard InChI is InChI=1S/C22H25NO3/c1-22(2,3)18(25)14-17(24)20-19(15-10-6-4-7-11-15)21(26-23-20)16-12-8-5-9-13-16/h4-13,17,19,21,24H,14H2,1-3H3/t17-,19+,21-/m1/s1. The Kier molecular flexibility index (Phi) is 5.23. The van der Waals surface area contributed by atoms with Crippen LogP contribution in [-0.2, 0) is 9.63 Å². The van der Waals surface area contributed by atoms with Crippen molar-refractivity contribution in [1.29, 1.82) is 0 Å². The number of hydrogen-bond acceptors (Lipinski definition) is 4. The van der Waals surface area contributed by atoms with Crippen LogP contribution in [0.1, 0.15) is 50.3 Å². The zero-order chi connectivity index (χ0) is 18.7. The van der Waals surface area contributed by atoms with E-state index in [1.165, 1.54) is 0 Å². The Balaban J connectivity index is 1.90. The smallest absolute Gasteiger partial charge is 0.164 e. The SMILES string of the molecule is CC(C)(C)C(=O)C[C@@H](O)C1=NO[C@H](c2ccccc2)[C@H]1c1ccccc1. The molecule has 2 aromatic carbocycles. The highest BCUT2D eigenvalue weighted by Crippen LogP contribution is 2.41. The third-order valence-electron chi connectivity index (χ3n) is 4.74. The third-order valence-corrected chi connectivity index (χ3v) is 4.74.